The second-order valence-corrected chi connectivity index (χ2v) is 7.60. The summed E-state index contributed by atoms with van der Waals surface area (Å²) in [5, 5.41) is 12.8. The van der Waals surface area contributed by atoms with Gasteiger partial charge in [-0.05, 0) is 36.2 Å². The van der Waals surface area contributed by atoms with E-state index in [9.17, 15) is 14.9 Å². The highest BCUT2D eigenvalue weighted by Gasteiger charge is 2.23. The Kier molecular flexibility index (Phi) is 5.25. The Hall–Kier alpha value is -2.90. The molecule has 1 aromatic heterocycles. The summed E-state index contributed by atoms with van der Waals surface area (Å²) in [4.78, 5) is 27.2. The summed E-state index contributed by atoms with van der Waals surface area (Å²) in [6, 6.07) is 12.0. The number of rotatable bonds is 4. The zero-order chi connectivity index (χ0) is 20.5. The van der Waals surface area contributed by atoms with E-state index in [4.69, 9.17) is 16.0 Å². The van der Waals surface area contributed by atoms with Crippen molar-refractivity contribution in [3.63, 3.8) is 0 Å². The van der Waals surface area contributed by atoms with Crippen LogP contribution in [0.5, 0.6) is 0 Å². The number of fused-ring (bicyclic) bond motifs is 1. The Labute approximate surface area is 172 Å². The predicted molar refractivity (Wildman–Crippen MR) is 113 cm³/mol. The lowest BCUT2D eigenvalue weighted by Crippen LogP contribution is -2.46. The van der Waals surface area contributed by atoms with Crippen LogP contribution in [0.4, 0.5) is 11.4 Å². The Balaban J connectivity index is 1.53. The van der Waals surface area contributed by atoms with Crippen LogP contribution in [0.3, 0.4) is 0 Å². The Morgan fingerprint density at radius 1 is 1.14 bits per heavy atom. The summed E-state index contributed by atoms with van der Waals surface area (Å²) >= 11 is 6.27. The highest BCUT2D eigenvalue weighted by atomic mass is 35.5. The van der Waals surface area contributed by atoms with Crippen LogP contribution in [0, 0.1) is 17.0 Å². The number of nitro benzene ring substituents is 1. The molecule has 0 radical (unpaired) electrons. The van der Waals surface area contributed by atoms with Crippen molar-refractivity contribution in [1.29, 1.82) is 0 Å². The van der Waals surface area contributed by atoms with Gasteiger partial charge >= 0.3 is 5.63 Å². The normalized spacial score (nSPS) is 15.0. The van der Waals surface area contributed by atoms with Crippen LogP contribution in [0.1, 0.15) is 11.1 Å². The predicted octanol–water partition coefficient (Wildman–Crippen LogP) is 3.99. The minimum Gasteiger partial charge on any atom is -0.423 e. The Morgan fingerprint density at radius 2 is 1.86 bits per heavy atom. The smallest absolute Gasteiger partial charge is 0.336 e. The minimum atomic E-state index is -0.382. The van der Waals surface area contributed by atoms with E-state index in [2.05, 4.69) is 4.90 Å². The van der Waals surface area contributed by atoms with Crippen LogP contribution >= 0.6 is 11.6 Å². The van der Waals surface area contributed by atoms with E-state index in [1.54, 1.807) is 18.2 Å². The number of nitrogens with zero attached hydrogens (tertiary/aromatic N) is 3. The number of anilines is 1. The number of halogens is 1. The topological polar surface area (TPSA) is 79.8 Å². The van der Waals surface area contributed by atoms with Gasteiger partial charge in [0.1, 0.15) is 11.3 Å². The molecule has 150 valence electrons. The summed E-state index contributed by atoms with van der Waals surface area (Å²) in [5.41, 5.74) is 2.65. The van der Waals surface area contributed by atoms with Gasteiger partial charge in [-0.1, -0.05) is 23.7 Å². The maximum atomic E-state index is 12.0. The molecule has 8 heteroatoms. The van der Waals surface area contributed by atoms with Gasteiger partial charge in [-0.15, -0.1) is 0 Å². The third-order valence-corrected chi connectivity index (χ3v) is 5.70. The molecule has 1 saturated heterocycles. The molecule has 2 aromatic carbocycles. The molecule has 0 atom stereocenters. The van der Waals surface area contributed by atoms with Gasteiger partial charge in [-0.3, -0.25) is 15.0 Å². The van der Waals surface area contributed by atoms with Gasteiger partial charge in [-0.25, -0.2) is 4.79 Å². The van der Waals surface area contributed by atoms with Gasteiger partial charge < -0.3 is 9.32 Å². The number of hydrogen-bond donors (Lipinski definition) is 0. The lowest BCUT2D eigenvalue weighted by Gasteiger charge is -2.35. The molecular weight excluding hydrogens is 394 g/mol. The molecule has 29 heavy (non-hydrogen) atoms. The van der Waals surface area contributed by atoms with Gasteiger partial charge in [0, 0.05) is 55.3 Å². The third-order valence-electron chi connectivity index (χ3n) is 5.29. The van der Waals surface area contributed by atoms with Crippen LogP contribution in [-0.4, -0.2) is 36.0 Å². The molecule has 4 rings (SSSR count). The maximum absolute atomic E-state index is 12.0. The largest absolute Gasteiger partial charge is 0.423 e. The molecule has 0 spiro atoms. The van der Waals surface area contributed by atoms with Crippen LogP contribution in [0.2, 0.25) is 5.02 Å². The van der Waals surface area contributed by atoms with E-state index in [-0.39, 0.29) is 16.2 Å². The van der Waals surface area contributed by atoms with Crippen LogP contribution < -0.4 is 10.5 Å². The number of aryl methyl sites for hydroxylation is 1. The minimum absolute atomic E-state index is 0.123. The average Bonchev–Trinajstić information content (AvgIpc) is 2.70. The van der Waals surface area contributed by atoms with E-state index in [0.717, 1.165) is 29.6 Å². The van der Waals surface area contributed by atoms with Crippen molar-refractivity contribution >= 4 is 33.9 Å². The number of benzene rings is 2. The van der Waals surface area contributed by atoms with Gasteiger partial charge in [0.25, 0.3) is 5.69 Å². The van der Waals surface area contributed by atoms with Crippen molar-refractivity contribution in [1.82, 2.24) is 4.90 Å². The number of piperazine rings is 1. The first-order chi connectivity index (χ1) is 13.9. The fourth-order valence-corrected chi connectivity index (χ4v) is 3.92. The van der Waals surface area contributed by atoms with Gasteiger partial charge in [0.15, 0.2) is 0 Å². The standard InChI is InChI=1S/C21H20ClN3O4/c1-14-10-20-16(12-17(14)22)15(11-21(26)29-20)13-23-6-8-24(9-7-23)18-4-2-3-5-19(18)25(27)28/h2-5,10-12H,6-9,13H2,1H3. The first-order valence-electron chi connectivity index (χ1n) is 9.36. The lowest BCUT2D eigenvalue weighted by atomic mass is 10.1. The molecule has 0 unspecified atom stereocenters. The highest BCUT2D eigenvalue weighted by molar-refractivity contribution is 6.32. The molecule has 2 heterocycles. The number of para-hydroxylation sites is 2. The van der Waals surface area contributed by atoms with Gasteiger partial charge in [0.2, 0.25) is 0 Å². The Morgan fingerprint density at radius 3 is 2.59 bits per heavy atom. The van der Waals surface area contributed by atoms with Crippen LogP contribution in [0.25, 0.3) is 11.0 Å². The average molecular weight is 414 g/mol. The van der Waals surface area contributed by atoms with E-state index in [0.29, 0.717) is 35.9 Å². The van der Waals surface area contributed by atoms with E-state index < -0.39 is 0 Å². The monoisotopic (exact) mass is 413 g/mol. The zero-order valence-electron chi connectivity index (χ0n) is 15.9. The van der Waals surface area contributed by atoms with E-state index in [1.165, 1.54) is 12.1 Å². The van der Waals surface area contributed by atoms with Crippen molar-refractivity contribution in [2.45, 2.75) is 13.5 Å². The Bertz CT molecular complexity index is 1140. The zero-order valence-corrected chi connectivity index (χ0v) is 16.7. The van der Waals surface area contributed by atoms with E-state index in [1.807, 2.05) is 24.0 Å². The SMILES string of the molecule is Cc1cc2oc(=O)cc(CN3CCN(c4ccccc4[N+](=O)[O-])CC3)c2cc1Cl. The second kappa shape index (κ2) is 7.85. The molecule has 3 aromatic rings. The van der Waals surface area contributed by atoms with Crippen LogP contribution in [0.15, 0.2) is 51.7 Å². The fourth-order valence-electron chi connectivity index (χ4n) is 3.75. The molecular formula is C21H20ClN3O4. The van der Waals surface area contributed by atoms with Crippen molar-refractivity contribution in [2.24, 2.45) is 0 Å². The van der Waals surface area contributed by atoms with Crippen molar-refractivity contribution < 1.29 is 9.34 Å². The summed E-state index contributed by atoms with van der Waals surface area (Å²) in [5.74, 6) is 0. The molecule has 0 aliphatic carbocycles. The first kappa shape index (κ1) is 19.4. The van der Waals surface area contributed by atoms with Crippen molar-refractivity contribution in [3.8, 4) is 0 Å². The van der Waals surface area contributed by atoms with Gasteiger partial charge in [0.05, 0.1) is 4.92 Å². The summed E-state index contributed by atoms with van der Waals surface area (Å²) in [6.07, 6.45) is 0. The summed E-state index contributed by atoms with van der Waals surface area (Å²) in [6.45, 7) is 5.26. The molecule has 0 N–H and O–H groups in total. The lowest BCUT2D eigenvalue weighted by molar-refractivity contribution is -0.384. The molecule has 0 amide bonds. The first-order valence-corrected chi connectivity index (χ1v) is 9.74. The fraction of sp³-hybridized carbons (Fsp3) is 0.286. The number of hydrogen-bond acceptors (Lipinski definition) is 6. The third kappa shape index (κ3) is 3.97. The highest BCUT2D eigenvalue weighted by Crippen LogP contribution is 2.29. The van der Waals surface area contributed by atoms with Gasteiger partial charge in [-0.2, -0.15) is 0 Å². The molecule has 0 bridgehead atoms. The maximum Gasteiger partial charge on any atom is 0.336 e. The number of nitro groups is 1. The summed E-state index contributed by atoms with van der Waals surface area (Å²) in [7, 11) is 0. The second-order valence-electron chi connectivity index (χ2n) is 7.20. The molecule has 1 aliphatic rings. The molecule has 0 saturated carbocycles. The van der Waals surface area contributed by atoms with Crippen molar-refractivity contribution in [3.05, 3.63) is 79.1 Å². The molecule has 1 aliphatic heterocycles. The molecule has 7 nitrogen and oxygen atoms in total. The van der Waals surface area contributed by atoms with Crippen LogP contribution in [-0.2, 0) is 6.54 Å². The summed E-state index contributed by atoms with van der Waals surface area (Å²) < 4.78 is 5.33. The van der Waals surface area contributed by atoms with E-state index >= 15 is 0 Å². The molecule has 1 fully saturated rings. The quantitative estimate of drug-likeness (QED) is 0.365. The van der Waals surface area contributed by atoms with Crippen molar-refractivity contribution in [2.75, 3.05) is 31.1 Å².